The van der Waals surface area contributed by atoms with E-state index in [9.17, 15) is 9.90 Å². The van der Waals surface area contributed by atoms with E-state index in [0.29, 0.717) is 17.9 Å². The van der Waals surface area contributed by atoms with Crippen LogP contribution in [0, 0.1) is 0 Å². The molecule has 0 radical (unpaired) electrons. The molecule has 22 heavy (non-hydrogen) atoms. The highest BCUT2D eigenvalue weighted by Gasteiger charge is 2.11. The van der Waals surface area contributed by atoms with Gasteiger partial charge in [-0.3, -0.25) is 9.48 Å². The lowest BCUT2D eigenvalue weighted by atomic mass is 10.1. The molecule has 0 spiro atoms. The van der Waals surface area contributed by atoms with Crippen molar-refractivity contribution >= 4 is 18.0 Å². The molecular weight excluding hydrogens is 296 g/mol. The lowest BCUT2D eigenvalue weighted by molar-refractivity contribution is 0.111. The number of carbonyl (C=O) groups is 1. The molecule has 1 aromatic heterocycles. The first-order valence-corrected chi connectivity index (χ1v) is 7.83. The van der Waals surface area contributed by atoms with Gasteiger partial charge in [0.2, 0.25) is 0 Å². The highest BCUT2D eigenvalue weighted by Crippen LogP contribution is 2.30. The molecule has 0 saturated carbocycles. The van der Waals surface area contributed by atoms with E-state index >= 15 is 0 Å². The molecule has 0 amide bonds. The van der Waals surface area contributed by atoms with Gasteiger partial charge in [-0.1, -0.05) is 37.0 Å². The van der Waals surface area contributed by atoms with Gasteiger partial charge in [0.05, 0.1) is 0 Å². The molecule has 1 aromatic rings. The number of aliphatic hydroxyl groups is 1. The molecule has 0 aliphatic heterocycles. The van der Waals surface area contributed by atoms with Crippen LogP contribution in [-0.4, -0.2) is 21.2 Å². The SMILES string of the molecule is C=C/C=C\C=C1/CC=C(SCc2cc(C=O)nn2C)C=C1O. The number of aldehydes is 1. The molecule has 4 nitrogen and oxygen atoms in total. The molecular formula is C17H18N2O2S. The van der Waals surface area contributed by atoms with Crippen LogP contribution >= 0.6 is 11.8 Å². The lowest BCUT2D eigenvalue weighted by Crippen LogP contribution is -1.98. The second-order valence-electron chi connectivity index (χ2n) is 4.74. The Hall–Kier alpha value is -2.27. The standard InChI is InChI=1S/C17H18N2O2S/c1-3-4-5-6-13-7-8-16(10-17(13)21)22-12-15-9-14(11-20)18-19(15)2/h3-6,8-11,21H,1,7,12H2,2H3/b5-4-,13-6+. The van der Waals surface area contributed by atoms with Gasteiger partial charge in [0.25, 0.3) is 0 Å². The van der Waals surface area contributed by atoms with Crippen molar-refractivity contribution in [2.24, 2.45) is 7.05 Å². The van der Waals surface area contributed by atoms with Crippen LogP contribution in [0.15, 0.2) is 65.3 Å². The van der Waals surface area contributed by atoms with Crippen LogP contribution in [0.3, 0.4) is 0 Å². The largest absolute Gasteiger partial charge is 0.508 e. The van der Waals surface area contributed by atoms with Crippen molar-refractivity contribution < 1.29 is 9.90 Å². The van der Waals surface area contributed by atoms with Crippen LogP contribution in [0.25, 0.3) is 0 Å². The van der Waals surface area contributed by atoms with Gasteiger partial charge < -0.3 is 5.11 Å². The van der Waals surface area contributed by atoms with Crippen molar-refractivity contribution in [1.29, 1.82) is 0 Å². The Morgan fingerprint density at radius 2 is 2.32 bits per heavy atom. The molecule has 0 bridgehead atoms. The number of carbonyl (C=O) groups excluding carboxylic acids is 1. The summed E-state index contributed by atoms with van der Waals surface area (Å²) < 4.78 is 1.70. The smallest absolute Gasteiger partial charge is 0.170 e. The summed E-state index contributed by atoms with van der Waals surface area (Å²) in [4.78, 5) is 11.7. The van der Waals surface area contributed by atoms with E-state index in [0.717, 1.165) is 22.5 Å². The molecule has 1 heterocycles. The van der Waals surface area contributed by atoms with E-state index in [1.54, 1.807) is 34.7 Å². The zero-order valence-corrected chi connectivity index (χ0v) is 13.2. The van der Waals surface area contributed by atoms with E-state index in [1.165, 1.54) is 0 Å². The van der Waals surface area contributed by atoms with Crippen LogP contribution in [0.1, 0.15) is 22.6 Å². The summed E-state index contributed by atoms with van der Waals surface area (Å²) in [6.45, 7) is 3.61. The molecule has 2 rings (SSSR count). The molecule has 0 atom stereocenters. The number of aliphatic hydroxyl groups excluding tert-OH is 1. The van der Waals surface area contributed by atoms with Crippen LogP contribution in [0.4, 0.5) is 0 Å². The molecule has 0 saturated heterocycles. The third kappa shape index (κ3) is 4.11. The Balaban J connectivity index is 1.99. The van der Waals surface area contributed by atoms with E-state index < -0.39 is 0 Å². The number of nitrogens with zero attached hydrogens (tertiary/aromatic N) is 2. The summed E-state index contributed by atoms with van der Waals surface area (Å²) in [6, 6.07) is 1.78. The molecule has 0 fully saturated rings. The molecule has 114 valence electrons. The van der Waals surface area contributed by atoms with Crippen LogP contribution in [0.2, 0.25) is 0 Å². The fourth-order valence-electron chi connectivity index (χ4n) is 1.99. The van der Waals surface area contributed by atoms with Crippen molar-refractivity contribution in [2.45, 2.75) is 12.2 Å². The van der Waals surface area contributed by atoms with Crippen molar-refractivity contribution in [3.63, 3.8) is 0 Å². The molecule has 1 N–H and O–H groups in total. The Morgan fingerprint density at radius 3 is 2.95 bits per heavy atom. The van der Waals surface area contributed by atoms with Crippen molar-refractivity contribution in [3.05, 3.63) is 76.7 Å². The van der Waals surface area contributed by atoms with Crippen molar-refractivity contribution in [2.75, 3.05) is 0 Å². The monoisotopic (exact) mass is 314 g/mol. The minimum atomic E-state index is 0.289. The first kappa shape index (κ1) is 16.1. The Bertz CT molecular complexity index is 694. The van der Waals surface area contributed by atoms with E-state index in [4.69, 9.17) is 0 Å². The first-order chi connectivity index (χ1) is 10.6. The van der Waals surface area contributed by atoms with Gasteiger partial charge in [-0.2, -0.15) is 5.10 Å². The quantitative estimate of drug-likeness (QED) is 0.640. The maximum atomic E-state index is 10.7. The van der Waals surface area contributed by atoms with Crippen LogP contribution in [-0.2, 0) is 12.8 Å². The summed E-state index contributed by atoms with van der Waals surface area (Å²) in [7, 11) is 1.82. The lowest BCUT2D eigenvalue weighted by Gasteiger charge is -2.12. The average molecular weight is 314 g/mol. The second-order valence-corrected chi connectivity index (χ2v) is 5.79. The van der Waals surface area contributed by atoms with Crippen molar-refractivity contribution in [3.8, 4) is 0 Å². The second kappa shape index (κ2) is 7.66. The molecule has 1 aliphatic rings. The van der Waals surface area contributed by atoms with Gasteiger partial charge in [-0.05, 0) is 24.1 Å². The number of aromatic nitrogens is 2. The zero-order valence-electron chi connectivity index (χ0n) is 12.4. The molecule has 0 unspecified atom stereocenters. The zero-order chi connectivity index (χ0) is 15.9. The normalized spacial score (nSPS) is 16.7. The number of hydrogen-bond donors (Lipinski definition) is 1. The fourth-order valence-corrected chi connectivity index (χ4v) is 2.97. The number of thioether (sulfide) groups is 1. The van der Waals surface area contributed by atoms with Gasteiger partial charge >= 0.3 is 0 Å². The summed E-state index contributed by atoms with van der Waals surface area (Å²) in [5.41, 5.74) is 2.29. The number of hydrogen-bond acceptors (Lipinski definition) is 4. The summed E-state index contributed by atoms with van der Waals surface area (Å²) >= 11 is 1.61. The average Bonchev–Trinajstić information content (AvgIpc) is 2.87. The highest BCUT2D eigenvalue weighted by atomic mass is 32.2. The van der Waals surface area contributed by atoms with Gasteiger partial charge in [0.1, 0.15) is 11.5 Å². The van der Waals surface area contributed by atoms with Gasteiger partial charge in [0, 0.05) is 23.4 Å². The van der Waals surface area contributed by atoms with Crippen LogP contribution in [0.5, 0.6) is 0 Å². The summed E-state index contributed by atoms with van der Waals surface area (Å²) in [5.74, 6) is 0.986. The van der Waals surface area contributed by atoms with Gasteiger partial charge in [-0.15, -0.1) is 11.8 Å². The highest BCUT2D eigenvalue weighted by molar-refractivity contribution is 8.02. The Morgan fingerprint density at radius 1 is 1.50 bits per heavy atom. The molecule has 0 aromatic carbocycles. The third-order valence-electron chi connectivity index (χ3n) is 3.18. The van der Waals surface area contributed by atoms with E-state index in [1.807, 2.05) is 25.3 Å². The first-order valence-electron chi connectivity index (χ1n) is 6.84. The number of allylic oxidation sites excluding steroid dienone is 7. The summed E-state index contributed by atoms with van der Waals surface area (Å²) in [6.07, 6.45) is 12.5. The maximum absolute atomic E-state index is 10.7. The number of rotatable bonds is 6. The maximum Gasteiger partial charge on any atom is 0.170 e. The Labute approximate surface area is 134 Å². The number of aryl methyl sites for hydroxylation is 1. The van der Waals surface area contributed by atoms with Crippen LogP contribution < -0.4 is 0 Å². The fraction of sp³-hybridized carbons (Fsp3) is 0.176. The van der Waals surface area contributed by atoms with E-state index in [2.05, 4.69) is 17.8 Å². The minimum Gasteiger partial charge on any atom is -0.508 e. The van der Waals surface area contributed by atoms with E-state index in [-0.39, 0.29) is 5.76 Å². The topological polar surface area (TPSA) is 55.1 Å². The predicted octanol–water partition coefficient (Wildman–Crippen LogP) is 3.86. The molecule has 1 aliphatic carbocycles. The van der Waals surface area contributed by atoms with Gasteiger partial charge in [0.15, 0.2) is 6.29 Å². The predicted molar refractivity (Wildman–Crippen MR) is 90.7 cm³/mol. The van der Waals surface area contributed by atoms with Gasteiger partial charge in [-0.25, -0.2) is 0 Å². The van der Waals surface area contributed by atoms with Crippen molar-refractivity contribution in [1.82, 2.24) is 9.78 Å². The minimum absolute atomic E-state index is 0.289. The molecule has 5 heteroatoms. The summed E-state index contributed by atoms with van der Waals surface area (Å²) in [5, 5.41) is 14.1. The Kier molecular flexibility index (Phi) is 5.61. The third-order valence-corrected chi connectivity index (χ3v) is 4.24.